The summed E-state index contributed by atoms with van der Waals surface area (Å²) in [4.78, 5) is 10.6. The van der Waals surface area contributed by atoms with Crippen LogP contribution in [0.5, 0.6) is 0 Å². The molecule has 4 N–H and O–H groups in total. The number of nitrogens with one attached hydrogen (secondary N) is 2. The van der Waals surface area contributed by atoms with Crippen LogP contribution in [0.2, 0.25) is 0 Å². The second-order valence-corrected chi connectivity index (χ2v) is 3.32. The van der Waals surface area contributed by atoms with E-state index in [9.17, 15) is 4.79 Å². The number of rotatable bonds is 2. The molecule has 1 aliphatic heterocycles. The Hall–Kier alpha value is -0.840. The van der Waals surface area contributed by atoms with Crippen LogP contribution in [0.3, 0.4) is 0 Å². The molecule has 0 spiro atoms. The van der Waals surface area contributed by atoms with Gasteiger partial charge in [-0.2, -0.15) is 0 Å². The van der Waals surface area contributed by atoms with Gasteiger partial charge in [-0.05, 0) is 25.1 Å². The summed E-state index contributed by atoms with van der Waals surface area (Å²) in [6.07, 6.45) is 2.32. The summed E-state index contributed by atoms with van der Waals surface area (Å²) in [6.45, 7) is 0.876. The highest BCUT2D eigenvalue weighted by atomic mass is 32.1. The molecule has 0 aromatic rings. The van der Waals surface area contributed by atoms with Gasteiger partial charge in [0.1, 0.15) is 0 Å². The van der Waals surface area contributed by atoms with Crippen molar-refractivity contribution in [2.24, 2.45) is 5.73 Å². The number of carbonyl (C=O) groups excluding carboxylic acids is 1. The molecule has 1 saturated heterocycles. The van der Waals surface area contributed by atoms with Gasteiger partial charge in [-0.25, -0.2) is 0 Å². The van der Waals surface area contributed by atoms with Crippen molar-refractivity contribution in [2.45, 2.75) is 25.3 Å². The van der Waals surface area contributed by atoms with Gasteiger partial charge in [0.25, 0.3) is 0 Å². The van der Waals surface area contributed by atoms with Crippen LogP contribution in [0, 0.1) is 0 Å². The smallest absolute Gasteiger partial charge is 0.219 e. The SMILES string of the molecule is NC(=O)CC1CCCNC(=S)N1. The van der Waals surface area contributed by atoms with E-state index in [-0.39, 0.29) is 11.9 Å². The number of hydrogen-bond donors (Lipinski definition) is 3. The summed E-state index contributed by atoms with van der Waals surface area (Å²) in [6, 6.07) is 0.116. The van der Waals surface area contributed by atoms with Crippen molar-refractivity contribution in [3.63, 3.8) is 0 Å². The molecule has 1 unspecified atom stereocenters. The van der Waals surface area contributed by atoms with Gasteiger partial charge in [0.2, 0.25) is 5.91 Å². The first-order valence-electron chi connectivity index (χ1n) is 4.01. The second-order valence-electron chi connectivity index (χ2n) is 2.91. The zero-order valence-electron chi connectivity index (χ0n) is 6.80. The van der Waals surface area contributed by atoms with Gasteiger partial charge in [0, 0.05) is 19.0 Å². The molecule has 1 aliphatic rings. The van der Waals surface area contributed by atoms with Crippen molar-refractivity contribution in [3.05, 3.63) is 0 Å². The quantitative estimate of drug-likeness (QED) is 0.509. The van der Waals surface area contributed by atoms with Gasteiger partial charge in [-0.3, -0.25) is 4.79 Å². The molecule has 12 heavy (non-hydrogen) atoms. The number of primary amides is 1. The standard InChI is InChI=1S/C7H13N3OS/c8-6(11)4-5-2-1-3-9-7(12)10-5/h5H,1-4H2,(H2,8,11)(H2,9,10,12). The lowest BCUT2D eigenvalue weighted by Crippen LogP contribution is -2.40. The fourth-order valence-electron chi connectivity index (χ4n) is 1.25. The zero-order chi connectivity index (χ0) is 8.97. The van der Waals surface area contributed by atoms with Gasteiger partial charge >= 0.3 is 0 Å². The molecule has 1 heterocycles. The van der Waals surface area contributed by atoms with Gasteiger partial charge < -0.3 is 16.4 Å². The van der Waals surface area contributed by atoms with Crippen molar-refractivity contribution in [1.29, 1.82) is 0 Å². The molecule has 4 nitrogen and oxygen atoms in total. The zero-order valence-corrected chi connectivity index (χ0v) is 7.62. The molecule has 0 aromatic carbocycles. The Bertz CT molecular complexity index is 195. The minimum Gasteiger partial charge on any atom is -0.370 e. The number of thiocarbonyl (C=S) groups is 1. The van der Waals surface area contributed by atoms with Crippen LogP contribution in [0.1, 0.15) is 19.3 Å². The Labute approximate surface area is 76.9 Å². The lowest BCUT2D eigenvalue weighted by Gasteiger charge is -2.14. The predicted molar refractivity (Wildman–Crippen MR) is 50.6 cm³/mol. The maximum atomic E-state index is 10.6. The third-order valence-corrected chi connectivity index (χ3v) is 2.06. The molecular weight excluding hydrogens is 174 g/mol. The second kappa shape index (κ2) is 4.25. The average Bonchev–Trinajstić information content (AvgIpc) is 2.12. The van der Waals surface area contributed by atoms with E-state index in [4.69, 9.17) is 18.0 Å². The van der Waals surface area contributed by atoms with Crippen LogP contribution in [-0.2, 0) is 4.79 Å². The van der Waals surface area contributed by atoms with Gasteiger partial charge in [-0.1, -0.05) is 0 Å². The van der Waals surface area contributed by atoms with Gasteiger partial charge in [0.15, 0.2) is 5.11 Å². The van der Waals surface area contributed by atoms with Crippen LogP contribution >= 0.6 is 12.2 Å². The third-order valence-electron chi connectivity index (χ3n) is 1.80. The van der Waals surface area contributed by atoms with E-state index in [0.717, 1.165) is 19.4 Å². The topological polar surface area (TPSA) is 67.2 Å². The van der Waals surface area contributed by atoms with Crippen LogP contribution in [0.4, 0.5) is 0 Å². The summed E-state index contributed by atoms with van der Waals surface area (Å²) in [7, 11) is 0. The third kappa shape index (κ3) is 3.04. The number of amides is 1. The van der Waals surface area contributed by atoms with Crippen molar-refractivity contribution < 1.29 is 4.79 Å². The average molecular weight is 187 g/mol. The fraction of sp³-hybridized carbons (Fsp3) is 0.714. The summed E-state index contributed by atoms with van der Waals surface area (Å²) in [5, 5.41) is 6.67. The monoisotopic (exact) mass is 187 g/mol. The molecule has 5 heteroatoms. The molecule has 1 amide bonds. The Morgan fingerprint density at radius 3 is 3.17 bits per heavy atom. The molecule has 1 atom stereocenters. The van der Waals surface area contributed by atoms with E-state index >= 15 is 0 Å². The van der Waals surface area contributed by atoms with Crippen molar-refractivity contribution in [3.8, 4) is 0 Å². The largest absolute Gasteiger partial charge is 0.370 e. The maximum Gasteiger partial charge on any atom is 0.219 e. The first-order valence-corrected chi connectivity index (χ1v) is 4.42. The Morgan fingerprint density at radius 2 is 2.50 bits per heavy atom. The highest BCUT2D eigenvalue weighted by molar-refractivity contribution is 7.80. The number of nitrogens with two attached hydrogens (primary N) is 1. The van der Waals surface area contributed by atoms with Gasteiger partial charge in [0.05, 0.1) is 0 Å². The minimum absolute atomic E-state index is 0.116. The normalized spacial score (nSPS) is 23.7. The van der Waals surface area contributed by atoms with Crippen LogP contribution in [0.25, 0.3) is 0 Å². The lowest BCUT2D eigenvalue weighted by molar-refractivity contribution is -0.118. The van der Waals surface area contributed by atoms with E-state index in [1.165, 1.54) is 0 Å². The highest BCUT2D eigenvalue weighted by Gasteiger charge is 2.15. The summed E-state index contributed by atoms with van der Waals surface area (Å²) >= 11 is 4.95. The molecule has 68 valence electrons. The molecular formula is C7H13N3OS. The number of carbonyl (C=O) groups is 1. The Morgan fingerprint density at radius 1 is 1.75 bits per heavy atom. The lowest BCUT2D eigenvalue weighted by atomic mass is 10.1. The van der Waals surface area contributed by atoms with E-state index in [2.05, 4.69) is 10.6 Å². The molecule has 0 saturated carbocycles. The molecule has 0 bridgehead atoms. The van der Waals surface area contributed by atoms with E-state index in [0.29, 0.717) is 11.5 Å². The predicted octanol–water partition coefficient (Wildman–Crippen LogP) is -0.512. The van der Waals surface area contributed by atoms with Crippen molar-refractivity contribution in [1.82, 2.24) is 10.6 Å². The summed E-state index contributed by atoms with van der Waals surface area (Å²) in [5.41, 5.74) is 5.08. The fourth-order valence-corrected chi connectivity index (χ4v) is 1.52. The van der Waals surface area contributed by atoms with Crippen LogP contribution in [-0.4, -0.2) is 23.6 Å². The Kier molecular flexibility index (Phi) is 3.28. The van der Waals surface area contributed by atoms with E-state index < -0.39 is 0 Å². The highest BCUT2D eigenvalue weighted by Crippen LogP contribution is 2.03. The molecule has 0 aromatic heterocycles. The first-order chi connectivity index (χ1) is 5.68. The summed E-state index contributed by atoms with van der Waals surface area (Å²) < 4.78 is 0. The van der Waals surface area contributed by atoms with E-state index in [1.807, 2.05) is 0 Å². The minimum atomic E-state index is -0.280. The molecule has 0 aliphatic carbocycles. The van der Waals surface area contributed by atoms with Crippen LogP contribution in [0.15, 0.2) is 0 Å². The van der Waals surface area contributed by atoms with Gasteiger partial charge in [-0.15, -0.1) is 0 Å². The Balaban J connectivity index is 2.41. The van der Waals surface area contributed by atoms with Crippen LogP contribution < -0.4 is 16.4 Å². The van der Waals surface area contributed by atoms with Crippen molar-refractivity contribution in [2.75, 3.05) is 6.54 Å². The molecule has 1 rings (SSSR count). The van der Waals surface area contributed by atoms with E-state index in [1.54, 1.807) is 0 Å². The number of hydrogen-bond acceptors (Lipinski definition) is 2. The molecule has 1 fully saturated rings. The molecule has 0 radical (unpaired) electrons. The first kappa shape index (κ1) is 9.25. The van der Waals surface area contributed by atoms with Crippen molar-refractivity contribution >= 4 is 23.2 Å². The maximum absolute atomic E-state index is 10.6. The summed E-state index contributed by atoms with van der Waals surface area (Å²) in [5.74, 6) is -0.280.